The highest BCUT2D eigenvalue weighted by Gasteiger charge is 2.10. The monoisotopic (exact) mass is 348 g/mol. The van der Waals surface area contributed by atoms with Gasteiger partial charge in [0.1, 0.15) is 0 Å². The van der Waals surface area contributed by atoms with E-state index in [-0.39, 0.29) is 11.6 Å². The zero-order valence-corrected chi connectivity index (χ0v) is 14.4. The van der Waals surface area contributed by atoms with E-state index in [1.54, 1.807) is 36.0 Å². The average molecular weight is 348 g/mol. The molecule has 2 N–H and O–H groups in total. The lowest BCUT2D eigenvalue weighted by molar-refractivity contribution is -0.113. The summed E-state index contributed by atoms with van der Waals surface area (Å²) < 4.78 is 1.36. The first-order chi connectivity index (χ1) is 11.5. The molecule has 1 aromatic carbocycles. The summed E-state index contributed by atoms with van der Waals surface area (Å²) >= 11 is 1.61. The lowest BCUT2D eigenvalue weighted by Gasteiger charge is -2.08. The van der Waals surface area contributed by atoms with Crippen LogP contribution in [0.25, 0.3) is 5.69 Å². The minimum atomic E-state index is -1.14. The third kappa shape index (κ3) is 5.38. The smallest absolute Gasteiger partial charge is 0.358 e. The second-order valence-electron chi connectivity index (χ2n) is 5.69. The molecule has 0 atom stereocenters. The van der Waals surface area contributed by atoms with Gasteiger partial charge in [-0.25, -0.2) is 9.48 Å². The SMILES string of the molecule is CC(C)CCSCC(=O)Nc1cccc(-n2cc(C(=O)O)nn2)c1. The Morgan fingerprint density at radius 2 is 2.17 bits per heavy atom. The van der Waals surface area contributed by atoms with E-state index in [1.807, 2.05) is 0 Å². The zero-order chi connectivity index (χ0) is 17.5. The summed E-state index contributed by atoms with van der Waals surface area (Å²) in [6, 6.07) is 7.01. The molecule has 0 saturated carbocycles. The average Bonchev–Trinajstić information content (AvgIpc) is 3.02. The number of nitrogens with one attached hydrogen (secondary N) is 1. The second-order valence-corrected chi connectivity index (χ2v) is 6.79. The van der Waals surface area contributed by atoms with Gasteiger partial charge in [0.2, 0.25) is 5.91 Å². The molecule has 1 amide bonds. The normalized spacial score (nSPS) is 10.8. The summed E-state index contributed by atoms with van der Waals surface area (Å²) in [6.07, 6.45) is 2.41. The number of aromatic nitrogens is 3. The van der Waals surface area contributed by atoms with Crippen molar-refractivity contribution in [1.29, 1.82) is 0 Å². The van der Waals surface area contributed by atoms with Gasteiger partial charge >= 0.3 is 5.97 Å². The molecular formula is C16H20N4O3S. The van der Waals surface area contributed by atoms with E-state index in [0.29, 0.717) is 23.0 Å². The van der Waals surface area contributed by atoms with Crippen LogP contribution in [0.5, 0.6) is 0 Å². The Labute approximate surface area is 144 Å². The lowest BCUT2D eigenvalue weighted by Crippen LogP contribution is -2.14. The summed E-state index contributed by atoms with van der Waals surface area (Å²) in [7, 11) is 0. The minimum absolute atomic E-state index is 0.0641. The number of rotatable bonds is 8. The molecule has 128 valence electrons. The molecule has 0 unspecified atom stereocenters. The number of hydrogen-bond acceptors (Lipinski definition) is 5. The third-order valence-corrected chi connectivity index (χ3v) is 4.17. The molecule has 1 aromatic heterocycles. The molecule has 7 nitrogen and oxygen atoms in total. The van der Waals surface area contributed by atoms with Gasteiger partial charge in [0.25, 0.3) is 0 Å². The Kier molecular flexibility index (Phi) is 6.36. The first kappa shape index (κ1) is 18.0. The molecule has 2 aromatic rings. The molecule has 1 heterocycles. The topological polar surface area (TPSA) is 97.1 Å². The fourth-order valence-corrected chi connectivity index (χ4v) is 2.94. The summed E-state index contributed by atoms with van der Waals surface area (Å²) in [5.41, 5.74) is 1.13. The Bertz CT molecular complexity index is 715. The van der Waals surface area contributed by atoms with Crippen LogP contribution in [0.4, 0.5) is 5.69 Å². The predicted molar refractivity (Wildman–Crippen MR) is 93.7 cm³/mol. The van der Waals surface area contributed by atoms with Crippen LogP contribution < -0.4 is 5.32 Å². The van der Waals surface area contributed by atoms with Crippen LogP contribution >= 0.6 is 11.8 Å². The summed E-state index contributed by atoms with van der Waals surface area (Å²) in [5.74, 6) is 0.802. The van der Waals surface area contributed by atoms with Crippen molar-refractivity contribution in [3.05, 3.63) is 36.2 Å². The molecule has 0 aliphatic rings. The number of nitrogens with zero attached hydrogens (tertiary/aromatic N) is 3. The van der Waals surface area contributed by atoms with E-state index in [0.717, 1.165) is 12.2 Å². The van der Waals surface area contributed by atoms with E-state index >= 15 is 0 Å². The maximum Gasteiger partial charge on any atom is 0.358 e. The van der Waals surface area contributed by atoms with Crippen molar-refractivity contribution in [2.45, 2.75) is 20.3 Å². The molecule has 24 heavy (non-hydrogen) atoms. The summed E-state index contributed by atoms with van der Waals surface area (Å²) in [4.78, 5) is 22.8. The van der Waals surface area contributed by atoms with E-state index in [9.17, 15) is 9.59 Å². The Hall–Kier alpha value is -2.35. The number of carbonyl (C=O) groups excluding carboxylic acids is 1. The van der Waals surface area contributed by atoms with E-state index in [1.165, 1.54) is 10.9 Å². The van der Waals surface area contributed by atoms with Crippen LogP contribution in [0, 0.1) is 5.92 Å². The van der Waals surface area contributed by atoms with E-state index < -0.39 is 5.97 Å². The molecule has 0 aliphatic heterocycles. The molecular weight excluding hydrogens is 328 g/mol. The Morgan fingerprint density at radius 1 is 1.38 bits per heavy atom. The van der Waals surface area contributed by atoms with E-state index in [4.69, 9.17) is 5.11 Å². The van der Waals surface area contributed by atoms with Crippen molar-refractivity contribution in [2.75, 3.05) is 16.8 Å². The number of benzene rings is 1. The van der Waals surface area contributed by atoms with Crippen LogP contribution in [0.2, 0.25) is 0 Å². The van der Waals surface area contributed by atoms with Crippen molar-refractivity contribution >= 4 is 29.3 Å². The van der Waals surface area contributed by atoms with Crippen LogP contribution in [-0.2, 0) is 4.79 Å². The van der Waals surface area contributed by atoms with Gasteiger partial charge < -0.3 is 10.4 Å². The van der Waals surface area contributed by atoms with Crippen molar-refractivity contribution in [2.24, 2.45) is 5.92 Å². The summed E-state index contributed by atoms with van der Waals surface area (Å²) in [6.45, 7) is 4.32. The predicted octanol–water partition coefficient (Wildman–Crippen LogP) is 2.68. The number of thioether (sulfide) groups is 1. The maximum atomic E-state index is 12.0. The molecule has 0 aliphatic carbocycles. The van der Waals surface area contributed by atoms with Crippen molar-refractivity contribution < 1.29 is 14.7 Å². The Balaban J connectivity index is 1.94. The van der Waals surface area contributed by atoms with Gasteiger partial charge in [-0.1, -0.05) is 25.1 Å². The van der Waals surface area contributed by atoms with Gasteiger partial charge in [0.15, 0.2) is 5.69 Å². The fourth-order valence-electron chi connectivity index (χ4n) is 1.90. The van der Waals surface area contributed by atoms with Gasteiger partial charge in [0, 0.05) is 5.69 Å². The number of aromatic carboxylic acids is 1. The van der Waals surface area contributed by atoms with Crippen molar-refractivity contribution in [3.63, 3.8) is 0 Å². The first-order valence-electron chi connectivity index (χ1n) is 7.59. The number of carboxylic acids is 1. The van der Waals surface area contributed by atoms with Gasteiger partial charge in [-0.3, -0.25) is 4.79 Å². The van der Waals surface area contributed by atoms with Gasteiger partial charge in [-0.15, -0.1) is 5.10 Å². The van der Waals surface area contributed by atoms with Crippen LogP contribution in [0.3, 0.4) is 0 Å². The van der Waals surface area contributed by atoms with Gasteiger partial charge in [-0.05, 0) is 36.3 Å². The highest BCUT2D eigenvalue weighted by atomic mass is 32.2. The maximum absolute atomic E-state index is 12.0. The van der Waals surface area contributed by atoms with Crippen LogP contribution in [0.1, 0.15) is 30.8 Å². The van der Waals surface area contributed by atoms with Gasteiger partial charge in [-0.2, -0.15) is 11.8 Å². The molecule has 0 bridgehead atoms. The van der Waals surface area contributed by atoms with Gasteiger partial charge in [0.05, 0.1) is 17.6 Å². The highest BCUT2D eigenvalue weighted by molar-refractivity contribution is 7.99. The van der Waals surface area contributed by atoms with Crippen molar-refractivity contribution in [1.82, 2.24) is 15.0 Å². The first-order valence-corrected chi connectivity index (χ1v) is 8.75. The number of carbonyl (C=O) groups is 2. The Morgan fingerprint density at radius 3 is 2.83 bits per heavy atom. The molecule has 2 rings (SSSR count). The number of hydrogen-bond donors (Lipinski definition) is 2. The number of carboxylic acid groups (broad SMARTS) is 1. The quantitative estimate of drug-likeness (QED) is 0.712. The van der Waals surface area contributed by atoms with Crippen molar-refractivity contribution in [3.8, 4) is 5.69 Å². The standard InChI is InChI=1S/C16H20N4O3S/c1-11(2)6-7-24-10-15(21)17-12-4-3-5-13(8-12)20-9-14(16(22)23)18-19-20/h3-5,8-9,11H,6-7,10H2,1-2H3,(H,17,21)(H,22,23). The fraction of sp³-hybridized carbons (Fsp3) is 0.375. The van der Waals surface area contributed by atoms with Crippen LogP contribution in [-0.4, -0.2) is 43.5 Å². The number of amides is 1. The lowest BCUT2D eigenvalue weighted by atomic mass is 10.2. The highest BCUT2D eigenvalue weighted by Crippen LogP contribution is 2.15. The molecule has 8 heteroatoms. The van der Waals surface area contributed by atoms with E-state index in [2.05, 4.69) is 29.5 Å². The molecule has 0 radical (unpaired) electrons. The molecule has 0 saturated heterocycles. The zero-order valence-electron chi connectivity index (χ0n) is 13.6. The summed E-state index contributed by atoms with van der Waals surface area (Å²) in [5, 5.41) is 19.1. The molecule has 0 spiro atoms. The van der Waals surface area contributed by atoms with Crippen LogP contribution in [0.15, 0.2) is 30.5 Å². The molecule has 0 fully saturated rings. The second kappa shape index (κ2) is 8.49. The minimum Gasteiger partial charge on any atom is -0.476 e. The largest absolute Gasteiger partial charge is 0.476 e. The number of anilines is 1. The third-order valence-electron chi connectivity index (χ3n) is 3.18.